The summed E-state index contributed by atoms with van der Waals surface area (Å²) in [6, 6.07) is 13.3. The Kier molecular flexibility index (Phi) is 6.51. The summed E-state index contributed by atoms with van der Waals surface area (Å²) in [6.07, 6.45) is 0. The molecule has 3 rings (SSSR count). The van der Waals surface area contributed by atoms with Gasteiger partial charge in [-0.2, -0.15) is 0 Å². The van der Waals surface area contributed by atoms with Gasteiger partial charge in [0.1, 0.15) is 23.7 Å². The number of para-hydroxylation sites is 1. The maximum atomic E-state index is 12.4. The van der Waals surface area contributed by atoms with Gasteiger partial charge in [-0.15, -0.1) is 0 Å². The predicted molar refractivity (Wildman–Crippen MR) is 107 cm³/mol. The number of carbonyl (C=O) groups excluding carboxylic acids is 2. The molecule has 0 atom stereocenters. The van der Waals surface area contributed by atoms with Crippen LogP contribution in [0.15, 0.2) is 53.1 Å². The van der Waals surface area contributed by atoms with Gasteiger partial charge >= 0.3 is 5.97 Å². The van der Waals surface area contributed by atoms with Crippen LogP contribution >= 0.6 is 11.6 Å². The van der Waals surface area contributed by atoms with Crippen molar-refractivity contribution >= 4 is 29.2 Å². The highest BCUT2D eigenvalue weighted by Crippen LogP contribution is 2.22. The number of nitrogens with one attached hydrogen (secondary N) is 1. The second-order valence-electron chi connectivity index (χ2n) is 6.22. The molecule has 0 saturated carbocycles. The number of amides is 1. The van der Waals surface area contributed by atoms with Gasteiger partial charge in [-0.1, -0.05) is 35.0 Å². The summed E-state index contributed by atoms with van der Waals surface area (Å²) >= 11 is 5.88. The summed E-state index contributed by atoms with van der Waals surface area (Å²) in [5.41, 5.74) is 2.27. The molecule has 7 nitrogen and oxygen atoms in total. The summed E-state index contributed by atoms with van der Waals surface area (Å²) in [5.74, 6) is -0.150. The van der Waals surface area contributed by atoms with Crippen molar-refractivity contribution in [2.45, 2.75) is 20.5 Å². The minimum Gasteiger partial charge on any atom is -0.488 e. The fraction of sp³-hybridized carbons (Fsp3) is 0.190. The highest BCUT2D eigenvalue weighted by molar-refractivity contribution is 6.30. The lowest BCUT2D eigenvalue weighted by Crippen LogP contribution is -2.21. The van der Waals surface area contributed by atoms with Crippen LogP contribution in [0, 0.1) is 13.8 Å². The van der Waals surface area contributed by atoms with E-state index in [1.165, 1.54) is 0 Å². The van der Waals surface area contributed by atoms with Crippen LogP contribution in [0.25, 0.3) is 0 Å². The molecule has 0 unspecified atom stereocenters. The quantitative estimate of drug-likeness (QED) is 0.579. The van der Waals surface area contributed by atoms with Crippen LogP contribution in [-0.2, 0) is 16.1 Å². The van der Waals surface area contributed by atoms with E-state index in [0.717, 1.165) is 11.3 Å². The molecule has 0 aliphatic heterocycles. The molecule has 150 valence electrons. The Balaban J connectivity index is 1.60. The topological polar surface area (TPSA) is 90.7 Å². The number of carbonyl (C=O) groups is 2. The lowest BCUT2D eigenvalue weighted by atomic mass is 10.2. The summed E-state index contributed by atoms with van der Waals surface area (Å²) in [6.45, 7) is 3.36. The maximum absolute atomic E-state index is 12.4. The summed E-state index contributed by atoms with van der Waals surface area (Å²) in [7, 11) is 0. The molecule has 2 aromatic carbocycles. The number of hydrogen-bond donors (Lipinski definition) is 1. The SMILES string of the molecule is Cc1noc(C)c1COc1ccccc1C(=O)OCC(=O)Nc1cccc(Cl)c1. The normalized spacial score (nSPS) is 10.4. The molecule has 1 aromatic heterocycles. The van der Waals surface area contributed by atoms with Crippen molar-refractivity contribution in [2.24, 2.45) is 0 Å². The van der Waals surface area contributed by atoms with Gasteiger partial charge in [0.2, 0.25) is 0 Å². The number of aryl methyl sites for hydroxylation is 2. The Labute approximate surface area is 172 Å². The van der Waals surface area contributed by atoms with Gasteiger partial charge in [0.15, 0.2) is 6.61 Å². The third kappa shape index (κ3) is 5.36. The number of ether oxygens (including phenoxy) is 2. The number of anilines is 1. The number of benzene rings is 2. The molecule has 0 aliphatic rings. The molecule has 0 fully saturated rings. The molecule has 3 aromatic rings. The van der Waals surface area contributed by atoms with E-state index in [0.29, 0.717) is 22.2 Å². The van der Waals surface area contributed by atoms with E-state index in [1.807, 2.05) is 6.92 Å². The van der Waals surface area contributed by atoms with Gasteiger partial charge in [0.25, 0.3) is 5.91 Å². The molecule has 1 N–H and O–H groups in total. The Morgan fingerprint density at radius 1 is 1.14 bits per heavy atom. The third-order valence-corrected chi connectivity index (χ3v) is 4.34. The summed E-state index contributed by atoms with van der Waals surface area (Å²) < 4.78 is 16.0. The molecule has 29 heavy (non-hydrogen) atoms. The second kappa shape index (κ2) is 9.25. The van der Waals surface area contributed by atoms with E-state index >= 15 is 0 Å². The van der Waals surface area contributed by atoms with Crippen molar-refractivity contribution in [2.75, 3.05) is 11.9 Å². The molecule has 1 heterocycles. The van der Waals surface area contributed by atoms with Crippen LogP contribution in [0.4, 0.5) is 5.69 Å². The van der Waals surface area contributed by atoms with E-state index in [2.05, 4.69) is 10.5 Å². The fourth-order valence-electron chi connectivity index (χ4n) is 2.59. The number of halogens is 1. The first-order chi connectivity index (χ1) is 13.9. The van der Waals surface area contributed by atoms with E-state index < -0.39 is 18.5 Å². The van der Waals surface area contributed by atoms with Crippen molar-refractivity contribution in [3.8, 4) is 5.75 Å². The molecule has 0 bridgehead atoms. The van der Waals surface area contributed by atoms with Gasteiger partial charge in [0, 0.05) is 10.7 Å². The van der Waals surface area contributed by atoms with Crippen LogP contribution < -0.4 is 10.1 Å². The molecule has 0 radical (unpaired) electrons. The average molecular weight is 415 g/mol. The van der Waals surface area contributed by atoms with Gasteiger partial charge in [-0.05, 0) is 44.2 Å². The van der Waals surface area contributed by atoms with Gasteiger partial charge < -0.3 is 19.3 Å². The van der Waals surface area contributed by atoms with Gasteiger partial charge in [-0.3, -0.25) is 4.79 Å². The van der Waals surface area contributed by atoms with Crippen molar-refractivity contribution in [1.29, 1.82) is 0 Å². The van der Waals surface area contributed by atoms with Crippen LogP contribution in [0.1, 0.15) is 27.4 Å². The number of aromatic nitrogens is 1. The number of rotatable bonds is 7. The van der Waals surface area contributed by atoms with Crippen LogP contribution in [0.5, 0.6) is 5.75 Å². The molecular weight excluding hydrogens is 396 g/mol. The van der Waals surface area contributed by atoms with Crippen molar-refractivity contribution in [3.05, 3.63) is 76.1 Å². The van der Waals surface area contributed by atoms with E-state index in [-0.39, 0.29) is 12.2 Å². The molecule has 0 saturated heterocycles. The number of esters is 1. The fourth-order valence-corrected chi connectivity index (χ4v) is 2.78. The zero-order valence-corrected chi connectivity index (χ0v) is 16.7. The Bertz CT molecular complexity index is 1010. The monoisotopic (exact) mass is 414 g/mol. The maximum Gasteiger partial charge on any atom is 0.342 e. The van der Waals surface area contributed by atoms with Crippen molar-refractivity contribution < 1.29 is 23.6 Å². The summed E-state index contributed by atoms with van der Waals surface area (Å²) in [4.78, 5) is 24.5. The first-order valence-electron chi connectivity index (χ1n) is 8.80. The highest BCUT2D eigenvalue weighted by Gasteiger charge is 2.17. The first kappa shape index (κ1) is 20.4. The second-order valence-corrected chi connectivity index (χ2v) is 6.66. The minimum absolute atomic E-state index is 0.195. The zero-order chi connectivity index (χ0) is 20.8. The lowest BCUT2D eigenvalue weighted by molar-refractivity contribution is -0.119. The average Bonchev–Trinajstić information content (AvgIpc) is 3.02. The minimum atomic E-state index is -0.666. The molecular formula is C21H19ClN2O5. The largest absolute Gasteiger partial charge is 0.488 e. The summed E-state index contributed by atoms with van der Waals surface area (Å²) in [5, 5.41) is 6.98. The number of hydrogen-bond acceptors (Lipinski definition) is 6. The number of nitrogens with zero attached hydrogens (tertiary/aromatic N) is 1. The van der Waals surface area contributed by atoms with Crippen molar-refractivity contribution in [3.63, 3.8) is 0 Å². The lowest BCUT2D eigenvalue weighted by Gasteiger charge is -2.11. The van der Waals surface area contributed by atoms with Crippen molar-refractivity contribution in [1.82, 2.24) is 5.16 Å². The Morgan fingerprint density at radius 3 is 2.66 bits per heavy atom. The Morgan fingerprint density at radius 2 is 1.93 bits per heavy atom. The molecule has 0 spiro atoms. The standard InChI is InChI=1S/C21H19ClN2O5/c1-13-18(14(2)29-24-13)11-27-19-9-4-3-8-17(19)21(26)28-12-20(25)23-16-7-5-6-15(22)10-16/h3-10H,11-12H2,1-2H3,(H,23,25). The molecule has 8 heteroatoms. The van der Waals surface area contributed by atoms with Gasteiger partial charge in [-0.25, -0.2) is 4.79 Å². The molecule has 1 amide bonds. The van der Waals surface area contributed by atoms with Crippen LogP contribution in [0.3, 0.4) is 0 Å². The van der Waals surface area contributed by atoms with Crippen LogP contribution in [-0.4, -0.2) is 23.6 Å². The smallest absolute Gasteiger partial charge is 0.342 e. The Hall–Kier alpha value is -3.32. The molecule has 0 aliphatic carbocycles. The van der Waals surface area contributed by atoms with E-state index in [9.17, 15) is 9.59 Å². The van der Waals surface area contributed by atoms with Gasteiger partial charge in [0.05, 0.1) is 11.3 Å². The highest BCUT2D eigenvalue weighted by atomic mass is 35.5. The van der Waals surface area contributed by atoms with E-state index in [1.54, 1.807) is 55.5 Å². The van der Waals surface area contributed by atoms with Crippen LogP contribution in [0.2, 0.25) is 5.02 Å². The first-order valence-corrected chi connectivity index (χ1v) is 9.18. The third-order valence-electron chi connectivity index (χ3n) is 4.10. The predicted octanol–water partition coefficient (Wildman–Crippen LogP) is 4.32. The van der Waals surface area contributed by atoms with E-state index in [4.69, 9.17) is 25.6 Å². The zero-order valence-electron chi connectivity index (χ0n) is 15.9.